The molecule has 0 radical (unpaired) electrons. The van der Waals surface area contributed by atoms with Crippen LogP contribution in [-0.4, -0.2) is 34.7 Å². The number of rotatable bonds is 5. The van der Waals surface area contributed by atoms with Crippen LogP contribution in [0.15, 0.2) is 24.5 Å². The van der Waals surface area contributed by atoms with Crippen LogP contribution in [0.3, 0.4) is 0 Å². The van der Waals surface area contributed by atoms with Crippen molar-refractivity contribution in [2.45, 2.75) is 6.42 Å². The fourth-order valence-corrected chi connectivity index (χ4v) is 1.66. The number of hydrogen-bond acceptors (Lipinski definition) is 5. The van der Waals surface area contributed by atoms with E-state index < -0.39 is 0 Å². The molecule has 7 heteroatoms. The SMILES string of the molecule is CNC(=O)c1ccc(N)c(NCCc2ncn[nH]2)c1. The average Bonchev–Trinajstić information content (AvgIpc) is 2.93. The lowest BCUT2D eigenvalue weighted by atomic mass is 10.1. The van der Waals surface area contributed by atoms with Gasteiger partial charge in [-0.05, 0) is 18.2 Å². The van der Waals surface area contributed by atoms with Crippen LogP contribution in [-0.2, 0) is 6.42 Å². The number of aromatic nitrogens is 3. The topological polar surface area (TPSA) is 109 Å². The third-order valence-corrected chi connectivity index (χ3v) is 2.68. The van der Waals surface area contributed by atoms with E-state index in [-0.39, 0.29) is 5.91 Å². The van der Waals surface area contributed by atoms with Gasteiger partial charge in [-0.25, -0.2) is 4.98 Å². The van der Waals surface area contributed by atoms with Gasteiger partial charge in [-0.1, -0.05) is 0 Å². The van der Waals surface area contributed by atoms with E-state index in [1.807, 2.05) is 0 Å². The summed E-state index contributed by atoms with van der Waals surface area (Å²) in [5.41, 5.74) is 7.77. The molecule has 0 saturated carbocycles. The molecule has 5 N–H and O–H groups in total. The molecule has 0 aliphatic rings. The summed E-state index contributed by atoms with van der Waals surface area (Å²) >= 11 is 0. The summed E-state index contributed by atoms with van der Waals surface area (Å²) in [6.07, 6.45) is 2.17. The Kier molecular flexibility index (Phi) is 3.97. The number of nitrogens with two attached hydrogens (primary N) is 1. The second-order valence-corrected chi connectivity index (χ2v) is 3.99. The molecule has 19 heavy (non-hydrogen) atoms. The zero-order chi connectivity index (χ0) is 13.7. The highest BCUT2D eigenvalue weighted by atomic mass is 16.1. The Morgan fingerprint density at radius 3 is 3.00 bits per heavy atom. The Hall–Kier alpha value is -2.57. The number of carbonyl (C=O) groups excluding carboxylic acids is 1. The molecule has 0 unspecified atom stereocenters. The molecule has 0 spiro atoms. The maximum atomic E-state index is 11.5. The average molecular weight is 260 g/mol. The van der Waals surface area contributed by atoms with Crippen LogP contribution in [0.2, 0.25) is 0 Å². The molecule has 1 aromatic carbocycles. The number of nitrogen functional groups attached to an aromatic ring is 1. The Balaban J connectivity index is 2.00. The molecule has 100 valence electrons. The van der Waals surface area contributed by atoms with E-state index >= 15 is 0 Å². The molecule has 1 amide bonds. The number of hydrogen-bond donors (Lipinski definition) is 4. The first-order chi connectivity index (χ1) is 9.20. The molecule has 7 nitrogen and oxygen atoms in total. The van der Waals surface area contributed by atoms with Gasteiger partial charge in [0.05, 0.1) is 11.4 Å². The molecular formula is C12H16N6O. The van der Waals surface area contributed by atoms with Crippen molar-refractivity contribution in [1.82, 2.24) is 20.5 Å². The van der Waals surface area contributed by atoms with Crippen molar-refractivity contribution < 1.29 is 4.79 Å². The summed E-state index contributed by atoms with van der Waals surface area (Å²) in [6.45, 7) is 0.649. The minimum absolute atomic E-state index is 0.140. The van der Waals surface area contributed by atoms with Crippen LogP contribution in [0.25, 0.3) is 0 Å². The minimum Gasteiger partial charge on any atom is -0.397 e. The number of H-pyrrole nitrogens is 1. The molecule has 2 aromatic rings. The molecule has 0 atom stereocenters. The van der Waals surface area contributed by atoms with Crippen molar-refractivity contribution in [3.63, 3.8) is 0 Å². The van der Waals surface area contributed by atoms with Gasteiger partial charge in [0, 0.05) is 25.6 Å². The molecule has 1 heterocycles. The number of nitrogens with one attached hydrogen (secondary N) is 3. The Morgan fingerprint density at radius 1 is 1.47 bits per heavy atom. The van der Waals surface area contributed by atoms with Gasteiger partial charge in [0.15, 0.2) is 0 Å². The van der Waals surface area contributed by atoms with E-state index in [1.54, 1.807) is 25.2 Å². The van der Waals surface area contributed by atoms with Crippen molar-refractivity contribution in [1.29, 1.82) is 0 Å². The Labute approximate surface area is 110 Å². The highest BCUT2D eigenvalue weighted by molar-refractivity contribution is 5.96. The number of benzene rings is 1. The molecule has 0 bridgehead atoms. The second-order valence-electron chi connectivity index (χ2n) is 3.99. The van der Waals surface area contributed by atoms with Crippen molar-refractivity contribution in [2.75, 3.05) is 24.6 Å². The van der Waals surface area contributed by atoms with Gasteiger partial charge >= 0.3 is 0 Å². The third kappa shape index (κ3) is 3.21. The van der Waals surface area contributed by atoms with Gasteiger partial charge in [-0.15, -0.1) is 0 Å². The maximum Gasteiger partial charge on any atom is 0.251 e. The standard InChI is InChI=1S/C12H16N6O/c1-14-12(19)8-2-3-9(13)10(6-8)15-5-4-11-16-7-17-18-11/h2-3,6-7,15H,4-5,13H2,1H3,(H,14,19)(H,16,17,18). The normalized spacial score (nSPS) is 10.2. The molecule has 0 fully saturated rings. The summed E-state index contributed by atoms with van der Waals surface area (Å²) in [6, 6.07) is 5.13. The van der Waals surface area contributed by atoms with Crippen molar-refractivity contribution in [3.05, 3.63) is 35.9 Å². The second kappa shape index (κ2) is 5.85. The lowest BCUT2D eigenvalue weighted by Gasteiger charge is -2.10. The molecule has 0 aliphatic carbocycles. The van der Waals surface area contributed by atoms with Gasteiger partial charge in [0.25, 0.3) is 5.91 Å². The number of carbonyl (C=O) groups is 1. The zero-order valence-electron chi connectivity index (χ0n) is 10.6. The van der Waals surface area contributed by atoms with Gasteiger partial charge in [0.1, 0.15) is 12.2 Å². The number of nitrogens with zero attached hydrogens (tertiary/aromatic N) is 2. The van der Waals surface area contributed by atoms with Crippen LogP contribution in [0, 0.1) is 0 Å². The van der Waals surface area contributed by atoms with Gasteiger partial charge in [-0.3, -0.25) is 9.89 Å². The Bertz CT molecular complexity index is 551. The first-order valence-corrected chi connectivity index (χ1v) is 5.90. The number of anilines is 2. The predicted molar refractivity (Wildman–Crippen MR) is 72.8 cm³/mol. The number of amides is 1. The first kappa shape index (κ1) is 12.9. The van der Waals surface area contributed by atoms with E-state index in [9.17, 15) is 4.79 Å². The third-order valence-electron chi connectivity index (χ3n) is 2.68. The van der Waals surface area contributed by atoms with Crippen LogP contribution >= 0.6 is 0 Å². The van der Waals surface area contributed by atoms with Gasteiger partial charge < -0.3 is 16.4 Å². The summed E-state index contributed by atoms with van der Waals surface area (Å²) in [7, 11) is 1.59. The maximum absolute atomic E-state index is 11.5. The van der Waals surface area contributed by atoms with E-state index in [0.29, 0.717) is 24.2 Å². The summed E-state index contributed by atoms with van der Waals surface area (Å²) in [5, 5.41) is 12.3. The fraction of sp³-hybridized carbons (Fsp3) is 0.250. The van der Waals surface area contributed by atoms with Crippen LogP contribution in [0.4, 0.5) is 11.4 Å². The van der Waals surface area contributed by atoms with E-state index in [4.69, 9.17) is 5.73 Å². The minimum atomic E-state index is -0.140. The largest absolute Gasteiger partial charge is 0.397 e. The molecule has 2 rings (SSSR count). The highest BCUT2D eigenvalue weighted by Crippen LogP contribution is 2.19. The van der Waals surface area contributed by atoms with Crippen LogP contribution in [0.5, 0.6) is 0 Å². The summed E-state index contributed by atoms with van der Waals surface area (Å²) in [4.78, 5) is 15.6. The van der Waals surface area contributed by atoms with Gasteiger partial charge in [0.2, 0.25) is 0 Å². The smallest absolute Gasteiger partial charge is 0.251 e. The highest BCUT2D eigenvalue weighted by Gasteiger charge is 2.06. The molecule has 0 aliphatic heterocycles. The molecule has 1 aromatic heterocycles. The fourth-order valence-electron chi connectivity index (χ4n) is 1.66. The van der Waals surface area contributed by atoms with E-state index in [2.05, 4.69) is 25.8 Å². The summed E-state index contributed by atoms with van der Waals surface area (Å²) < 4.78 is 0. The van der Waals surface area contributed by atoms with Gasteiger partial charge in [-0.2, -0.15) is 5.10 Å². The first-order valence-electron chi connectivity index (χ1n) is 5.90. The Morgan fingerprint density at radius 2 is 2.32 bits per heavy atom. The monoisotopic (exact) mass is 260 g/mol. The van der Waals surface area contributed by atoms with E-state index in [1.165, 1.54) is 6.33 Å². The molecule has 0 saturated heterocycles. The quantitative estimate of drug-likeness (QED) is 0.582. The number of aromatic amines is 1. The zero-order valence-corrected chi connectivity index (χ0v) is 10.6. The van der Waals surface area contributed by atoms with Crippen molar-refractivity contribution in [2.24, 2.45) is 0 Å². The van der Waals surface area contributed by atoms with Crippen molar-refractivity contribution in [3.8, 4) is 0 Å². The summed E-state index contributed by atoms with van der Waals surface area (Å²) in [5.74, 6) is 0.659. The van der Waals surface area contributed by atoms with Crippen LogP contribution < -0.4 is 16.4 Å². The molecular weight excluding hydrogens is 244 g/mol. The van der Waals surface area contributed by atoms with E-state index in [0.717, 1.165) is 11.5 Å². The lowest BCUT2D eigenvalue weighted by molar-refractivity contribution is 0.0963. The van der Waals surface area contributed by atoms with Crippen molar-refractivity contribution >= 4 is 17.3 Å². The predicted octanol–water partition coefficient (Wildman–Crippen LogP) is 0.401. The van der Waals surface area contributed by atoms with Crippen LogP contribution in [0.1, 0.15) is 16.2 Å². The lowest BCUT2D eigenvalue weighted by Crippen LogP contribution is -2.18.